The summed E-state index contributed by atoms with van der Waals surface area (Å²) in [6.45, 7) is 6.46. The molecule has 1 aromatic rings. The average Bonchev–Trinajstić information content (AvgIpc) is 2.66. The largest absolute Gasteiger partial charge is 0.469 e. The highest BCUT2D eigenvalue weighted by Gasteiger charge is 1.93. The van der Waals surface area contributed by atoms with Gasteiger partial charge < -0.3 is 4.42 Å². The molecule has 1 rings (SSSR count). The Bertz CT molecular complexity index is 324. The fraction of sp³-hybridized carbons (Fsp3) is 0.429. The molecule has 1 nitrogen and oxygen atoms in total. The van der Waals surface area contributed by atoms with Gasteiger partial charge in [0.15, 0.2) is 0 Å². The number of rotatable bonds is 5. The molecule has 1 heterocycles. The predicted molar refractivity (Wildman–Crippen MR) is 64.8 cm³/mol. The van der Waals surface area contributed by atoms with Crippen molar-refractivity contribution in [3.05, 3.63) is 47.5 Å². The van der Waals surface area contributed by atoms with Gasteiger partial charge in [0.05, 0.1) is 6.26 Å². The van der Waals surface area contributed by atoms with Crippen molar-refractivity contribution < 1.29 is 4.42 Å². The molecule has 0 aromatic carbocycles. The summed E-state index contributed by atoms with van der Waals surface area (Å²) >= 11 is 0. The first-order chi connectivity index (χ1) is 7.18. The number of hydrogen-bond donors (Lipinski definition) is 0. The van der Waals surface area contributed by atoms with Gasteiger partial charge in [-0.25, -0.2) is 0 Å². The second kappa shape index (κ2) is 6.28. The molecule has 1 aromatic heterocycles. The molecule has 0 fully saturated rings. The van der Waals surface area contributed by atoms with Crippen LogP contribution in [0.4, 0.5) is 0 Å². The van der Waals surface area contributed by atoms with Crippen molar-refractivity contribution in [3.8, 4) is 0 Å². The molecule has 0 aliphatic heterocycles. The highest BCUT2D eigenvalue weighted by molar-refractivity contribution is 5.09. The van der Waals surface area contributed by atoms with E-state index in [1.165, 1.54) is 11.1 Å². The van der Waals surface area contributed by atoms with E-state index in [4.69, 9.17) is 4.42 Å². The van der Waals surface area contributed by atoms with Crippen LogP contribution in [0.2, 0.25) is 0 Å². The van der Waals surface area contributed by atoms with E-state index in [2.05, 4.69) is 32.9 Å². The minimum Gasteiger partial charge on any atom is -0.469 e. The van der Waals surface area contributed by atoms with Crippen molar-refractivity contribution in [2.75, 3.05) is 0 Å². The number of hydrogen-bond acceptors (Lipinski definition) is 1. The molecule has 0 amide bonds. The lowest BCUT2D eigenvalue weighted by atomic mass is 10.1. The number of furan rings is 1. The highest BCUT2D eigenvalue weighted by Crippen LogP contribution is 2.09. The monoisotopic (exact) mass is 204 g/mol. The predicted octanol–water partition coefficient (Wildman–Crippen LogP) is 4.51. The maximum absolute atomic E-state index is 5.27. The molecule has 0 radical (unpaired) electrons. The van der Waals surface area contributed by atoms with Crippen LogP contribution in [-0.2, 0) is 6.42 Å². The molecule has 0 saturated carbocycles. The summed E-state index contributed by atoms with van der Waals surface area (Å²) in [6, 6.07) is 3.95. The van der Waals surface area contributed by atoms with Crippen LogP contribution >= 0.6 is 0 Å². The van der Waals surface area contributed by atoms with Crippen molar-refractivity contribution >= 4 is 0 Å². The van der Waals surface area contributed by atoms with Crippen molar-refractivity contribution in [3.63, 3.8) is 0 Å². The van der Waals surface area contributed by atoms with E-state index in [0.29, 0.717) is 0 Å². The fourth-order valence-corrected chi connectivity index (χ4v) is 1.39. The second-order valence-corrected chi connectivity index (χ2v) is 4.15. The molecule has 0 bridgehead atoms. The van der Waals surface area contributed by atoms with E-state index in [1.54, 1.807) is 6.26 Å². The van der Waals surface area contributed by atoms with Gasteiger partial charge in [0.2, 0.25) is 0 Å². The summed E-state index contributed by atoms with van der Waals surface area (Å²) in [5, 5.41) is 0. The highest BCUT2D eigenvalue weighted by atomic mass is 16.3. The first kappa shape index (κ1) is 11.8. The van der Waals surface area contributed by atoms with Crippen LogP contribution in [0.5, 0.6) is 0 Å². The molecule has 82 valence electrons. The molecular formula is C14H20O. The molecule has 0 saturated heterocycles. The summed E-state index contributed by atoms with van der Waals surface area (Å²) < 4.78 is 5.27. The Morgan fingerprint density at radius 1 is 1.27 bits per heavy atom. The third-order valence-electron chi connectivity index (χ3n) is 2.32. The zero-order valence-electron chi connectivity index (χ0n) is 9.92. The summed E-state index contributed by atoms with van der Waals surface area (Å²) in [6.07, 6.45) is 9.45. The van der Waals surface area contributed by atoms with Gasteiger partial charge in [0.25, 0.3) is 0 Å². The fourth-order valence-electron chi connectivity index (χ4n) is 1.39. The summed E-state index contributed by atoms with van der Waals surface area (Å²) in [5.74, 6) is 1.04. The third kappa shape index (κ3) is 5.26. The number of allylic oxidation sites excluding steroid dienone is 4. The van der Waals surface area contributed by atoms with Crippen LogP contribution in [0.3, 0.4) is 0 Å². The van der Waals surface area contributed by atoms with E-state index >= 15 is 0 Å². The smallest absolute Gasteiger partial charge is 0.107 e. The summed E-state index contributed by atoms with van der Waals surface area (Å²) in [4.78, 5) is 0. The molecule has 0 spiro atoms. The Hall–Kier alpha value is -1.24. The van der Waals surface area contributed by atoms with Crippen molar-refractivity contribution in [1.82, 2.24) is 0 Å². The molecule has 1 heteroatoms. The second-order valence-electron chi connectivity index (χ2n) is 4.15. The summed E-state index contributed by atoms with van der Waals surface area (Å²) in [7, 11) is 0. The lowest BCUT2D eigenvalue weighted by Crippen LogP contribution is -1.81. The van der Waals surface area contributed by atoms with Gasteiger partial charge >= 0.3 is 0 Å². The standard InChI is InChI=1S/C14H20O/c1-12(2)6-4-7-13(3)9-10-14-8-5-11-15-14/h5-6,8-9,11H,4,7,10H2,1-3H3/b13-9+. The van der Waals surface area contributed by atoms with Gasteiger partial charge in [0, 0.05) is 6.42 Å². The van der Waals surface area contributed by atoms with Crippen LogP contribution in [0, 0.1) is 0 Å². The maximum Gasteiger partial charge on any atom is 0.107 e. The maximum atomic E-state index is 5.27. The van der Waals surface area contributed by atoms with Crippen LogP contribution in [0.25, 0.3) is 0 Å². The van der Waals surface area contributed by atoms with Crippen LogP contribution in [0.1, 0.15) is 39.4 Å². The Labute approximate surface area is 92.5 Å². The molecular weight excluding hydrogens is 184 g/mol. The molecule has 0 atom stereocenters. The van der Waals surface area contributed by atoms with E-state index in [1.807, 2.05) is 12.1 Å². The molecule has 0 unspecified atom stereocenters. The lowest BCUT2D eigenvalue weighted by Gasteiger charge is -1.98. The average molecular weight is 204 g/mol. The first-order valence-electron chi connectivity index (χ1n) is 5.50. The van der Waals surface area contributed by atoms with Crippen molar-refractivity contribution in [2.24, 2.45) is 0 Å². The van der Waals surface area contributed by atoms with Gasteiger partial charge in [-0.2, -0.15) is 0 Å². The van der Waals surface area contributed by atoms with Crippen LogP contribution in [0.15, 0.2) is 46.1 Å². The lowest BCUT2D eigenvalue weighted by molar-refractivity contribution is 0.522. The minimum atomic E-state index is 0.910. The van der Waals surface area contributed by atoms with Gasteiger partial charge in [-0.05, 0) is 45.7 Å². The van der Waals surface area contributed by atoms with Crippen molar-refractivity contribution in [2.45, 2.75) is 40.0 Å². The van der Waals surface area contributed by atoms with Crippen molar-refractivity contribution in [1.29, 1.82) is 0 Å². The third-order valence-corrected chi connectivity index (χ3v) is 2.32. The Morgan fingerprint density at radius 3 is 2.67 bits per heavy atom. The molecule has 0 N–H and O–H groups in total. The Balaban J connectivity index is 2.30. The van der Waals surface area contributed by atoms with E-state index in [0.717, 1.165) is 25.0 Å². The minimum absolute atomic E-state index is 0.910. The SMILES string of the molecule is CC(C)=CCC/C(C)=C/Cc1ccco1. The molecule has 0 aliphatic carbocycles. The van der Waals surface area contributed by atoms with Gasteiger partial charge in [0.1, 0.15) is 5.76 Å². The zero-order valence-corrected chi connectivity index (χ0v) is 9.92. The van der Waals surface area contributed by atoms with E-state index in [9.17, 15) is 0 Å². The van der Waals surface area contributed by atoms with Crippen LogP contribution < -0.4 is 0 Å². The van der Waals surface area contributed by atoms with E-state index < -0.39 is 0 Å². The topological polar surface area (TPSA) is 13.1 Å². The summed E-state index contributed by atoms with van der Waals surface area (Å²) in [5.41, 5.74) is 2.83. The molecule has 0 aliphatic rings. The zero-order chi connectivity index (χ0) is 11.1. The molecule has 15 heavy (non-hydrogen) atoms. The quantitative estimate of drug-likeness (QED) is 0.643. The Kier molecular flexibility index (Phi) is 4.96. The first-order valence-corrected chi connectivity index (χ1v) is 5.50. The van der Waals surface area contributed by atoms with E-state index in [-0.39, 0.29) is 0 Å². The van der Waals surface area contributed by atoms with Gasteiger partial charge in [-0.3, -0.25) is 0 Å². The van der Waals surface area contributed by atoms with Gasteiger partial charge in [-0.1, -0.05) is 23.3 Å². The van der Waals surface area contributed by atoms with Gasteiger partial charge in [-0.15, -0.1) is 0 Å². The van der Waals surface area contributed by atoms with Crippen LogP contribution in [-0.4, -0.2) is 0 Å². The normalized spacial score (nSPS) is 11.5. The Morgan fingerprint density at radius 2 is 2.07 bits per heavy atom.